The normalized spacial score (nSPS) is 15.8. The molecule has 0 unspecified atom stereocenters. The number of fused-ring (bicyclic) bond motifs is 1. The van der Waals surface area contributed by atoms with Crippen molar-refractivity contribution in [2.75, 3.05) is 6.26 Å². The number of nitrogens with two attached hydrogens (primary N) is 1. The summed E-state index contributed by atoms with van der Waals surface area (Å²) in [5.41, 5.74) is 9.66. The number of benzene rings is 1. The summed E-state index contributed by atoms with van der Waals surface area (Å²) in [4.78, 5) is 0. The van der Waals surface area contributed by atoms with E-state index in [-0.39, 0.29) is 11.9 Å². The maximum Gasteiger partial charge on any atom is 0.236 e. The molecule has 4 N–H and O–H groups in total. The Kier molecular flexibility index (Phi) is 3.81. The van der Waals surface area contributed by atoms with Gasteiger partial charge in [0.1, 0.15) is 0 Å². The summed E-state index contributed by atoms with van der Waals surface area (Å²) in [6, 6.07) is 5.04. The van der Waals surface area contributed by atoms with Crippen molar-refractivity contribution in [3.63, 3.8) is 0 Å². The van der Waals surface area contributed by atoms with E-state index in [9.17, 15) is 8.42 Å². The summed E-state index contributed by atoms with van der Waals surface area (Å²) in [6.07, 6.45) is 4.62. The smallest absolute Gasteiger partial charge is 0.236 e. The molecule has 0 saturated heterocycles. The lowest BCUT2D eigenvalue weighted by Gasteiger charge is -2.04. The lowest BCUT2D eigenvalue weighted by atomic mass is 10.1. The standard InChI is InChI=1S/C14H16ClN5O2S/c1-23(21,22)20-7-11(10-6-9(15)4-5-12(10)20)13(8-2-3-8)18-19-14(16)17/h4-8H,2-3H2,1H3,(H4,16,17,19). The molecule has 122 valence electrons. The van der Waals surface area contributed by atoms with Crippen molar-refractivity contribution < 1.29 is 8.42 Å². The second-order valence-corrected chi connectivity index (χ2v) is 7.86. The van der Waals surface area contributed by atoms with Crippen LogP contribution in [-0.4, -0.2) is 30.3 Å². The summed E-state index contributed by atoms with van der Waals surface area (Å²) < 4.78 is 25.3. The van der Waals surface area contributed by atoms with Crippen LogP contribution in [0.2, 0.25) is 5.02 Å². The number of rotatable bonds is 4. The zero-order chi connectivity index (χ0) is 16.8. The molecule has 1 aromatic carbocycles. The average Bonchev–Trinajstić information content (AvgIpc) is 3.19. The fraction of sp³-hybridized carbons (Fsp3) is 0.286. The molecule has 3 rings (SSSR count). The van der Waals surface area contributed by atoms with Gasteiger partial charge in [0.15, 0.2) is 0 Å². The first-order valence-corrected chi connectivity index (χ1v) is 9.19. The Bertz CT molecular complexity index is 928. The minimum atomic E-state index is -3.46. The Hall–Kier alpha value is -2.06. The fourth-order valence-electron chi connectivity index (χ4n) is 2.50. The van der Waals surface area contributed by atoms with E-state index >= 15 is 0 Å². The second kappa shape index (κ2) is 5.54. The minimum Gasteiger partial charge on any atom is -0.369 e. The van der Waals surface area contributed by atoms with Gasteiger partial charge in [-0.2, -0.15) is 5.10 Å². The van der Waals surface area contributed by atoms with Crippen molar-refractivity contribution in [3.05, 3.63) is 35.0 Å². The highest BCUT2D eigenvalue weighted by Crippen LogP contribution is 2.36. The van der Waals surface area contributed by atoms with E-state index in [1.807, 2.05) is 0 Å². The molecule has 1 aromatic heterocycles. The number of aromatic nitrogens is 1. The summed E-state index contributed by atoms with van der Waals surface area (Å²) >= 11 is 6.07. The molecule has 9 heteroatoms. The van der Waals surface area contributed by atoms with Crippen molar-refractivity contribution in [1.29, 1.82) is 5.41 Å². The summed E-state index contributed by atoms with van der Waals surface area (Å²) in [7, 11) is -3.46. The largest absolute Gasteiger partial charge is 0.369 e. The van der Waals surface area contributed by atoms with Gasteiger partial charge in [-0.05, 0) is 31.0 Å². The van der Waals surface area contributed by atoms with E-state index in [4.69, 9.17) is 22.7 Å². The topological polar surface area (TPSA) is 113 Å². The molecule has 1 heterocycles. The molecule has 1 aliphatic carbocycles. The van der Waals surface area contributed by atoms with Gasteiger partial charge >= 0.3 is 0 Å². The van der Waals surface area contributed by atoms with Gasteiger partial charge in [0, 0.05) is 28.1 Å². The first kappa shape index (κ1) is 15.8. The van der Waals surface area contributed by atoms with Crippen LogP contribution in [-0.2, 0) is 10.0 Å². The van der Waals surface area contributed by atoms with E-state index in [1.54, 1.807) is 24.4 Å². The minimum absolute atomic E-state index is 0.222. The zero-order valence-corrected chi connectivity index (χ0v) is 13.9. The van der Waals surface area contributed by atoms with Gasteiger partial charge in [-0.15, -0.1) is 0 Å². The predicted molar refractivity (Wildman–Crippen MR) is 91.5 cm³/mol. The van der Waals surface area contributed by atoms with E-state index in [2.05, 4.69) is 10.5 Å². The highest BCUT2D eigenvalue weighted by molar-refractivity contribution is 7.89. The third-order valence-corrected chi connectivity index (χ3v) is 4.88. The molecule has 1 saturated carbocycles. The van der Waals surface area contributed by atoms with Crippen LogP contribution < -0.4 is 11.2 Å². The third kappa shape index (κ3) is 3.18. The van der Waals surface area contributed by atoms with Crippen LogP contribution in [0.4, 0.5) is 0 Å². The molecule has 2 aromatic rings. The second-order valence-electron chi connectivity index (χ2n) is 5.56. The quantitative estimate of drug-likeness (QED) is 0.441. The Labute approximate surface area is 138 Å². The Morgan fingerprint density at radius 1 is 1.48 bits per heavy atom. The molecule has 0 atom stereocenters. The summed E-state index contributed by atoms with van der Waals surface area (Å²) in [5.74, 6) is -0.0486. The molecule has 0 radical (unpaired) electrons. The van der Waals surface area contributed by atoms with Gasteiger partial charge in [-0.1, -0.05) is 11.6 Å². The summed E-state index contributed by atoms with van der Waals surface area (Å²) in [5, 5.41) is 12.7. The number of hydrazone groups is 1. The molecule has 0 amide bonds. The van der Waals surface area contributed by atoms with Gasteiger partial charge in [-0.25, -0.2) is 17.8 Å². The van der Waals surface area contributed by atoms with Crippen LogP contribution in [0, 0.1) is 11.3 Å². The van der Waals surface area contributed by atoms with Gasteiger partial charge in [0.2, 0.25) is 16.0 Å². The molecule has 23 heavy (non-hydrogen) atoms. The molecule has 1 aliphatic rings. The zero-order valence-electron chi connectivity index (χ0n) is 12.4. The van der Waals surface area contributed by atoms with Crippen molar-refractivity contribution in [2.45, 2.75) is 12.8 Å². The highest BCUT2D eigenvalue weighted by Gasteiger charge is 2.31. The number of hydrogen-bond acceptors (Lipinski definition) is 4. The average molecular weight is 354 g/mol. The number of guanidine groups is 1. The molecular formula is C14H16ClN5O2S. The van der Waals surface area contributed by atoms with Crippen LogP contribution in [0.5, 0.6) is 0 Å². The molecule has 1 fully saturated rings. The van der Waals surface area contributed by atoms with Crippen LogP contribution >= 0.6 is 11.6 Å². The monoisotopic (exact) mass is 353 g/mol. The van der Waals surface area contributed by atoms with E-state index in [0.717, 1.165) is 19.1 Å². The van der Waals surface area contributed by atoms with Crippen molar-refractivity contribution in [1.82, 2.24) is 9.40 Å². The molecule has 0 bridgehead atoms. The molecular weight excluding hydrogens is 338 g/mol. The number of nitrogens with zero attached hydrogens (tertiary/aromatic N) is 2. The highest BCUT2D eigenvalue weighted by atomic mass is 35.5. The molecule has 7 nitrogen and oxygen atoms in total. The SMILES string of the molecule is CS(=O)(=O)n1cc(C(=NNC(=N)N)C2CC2)c2cc(Cl)ccc21. The van der Waals surface area contributed by atoms with Gasteiger partial charge in [0.05, 0.1) is 17.5 Å². The van der Waals surface area contributed by atoms with Crippen LogP contribution in [0.3, 0.4) is 0 Å². The van der Waals surface area contributed by atoms with Gasteiger partial charge < -0.3 is 5.73 Å². The van der Waals surface area contributed by atoms with E-state index in [0.29, 0.717) is 27.2 Å². The molecule has 0 spiro atoms. The first-order valence-electron chi connectivity index (χ1n) is 6.96. The fourth-order valence-corrected chi connectivity index (χ4v) is 3.49. The Morgan fingerprint density at radius 3 is 2.74 bits per heavy atom. The number of hydrogen-bond donors (Lipinski definition) is 3. The Balaban J connectivity index is 2.25. The number of halogens is 1. The van der Waals surface area contributed by atoms with Crippen LogP contribution in [0.15, 0.2) is 29.5 Å². The summed E-state index contributed by atoms with van der Waals surface area (Å²) in [6.45, 7) is 0. The van der Waals surface area contributed by atoms with Crippen LogP contribution in [0.25, 0.3) is 10.9 Å². The maximum atomic E-state index is 12.0. The van der Waals surface area contributed by atoms with Crippen LogP contribution in [0.1, 0.15) is 18.4 Å². The van der Waals surface area contributed by atoms with Crippen molar-refractivity contribution in [3.8, 4) is 0 Å². The van der Waals surface area contributed by atoms with E-state index < -0.39 is 10.0 Å². The predicted octanol–water partition coefficient (Wildman–Crippen LogP) is 1.70. The maximum absolute atomic E-state index is 12.0. The number of nitrogens with one attached hydrogen (secondary N) is 2. The lowest BCUT2D eigenvalue weighted by molar-refractivity contribution is 0.595. The Morgan fingerprint density at radius 2 is 2.17 bits per heavy atom. The lowest BCUT2D eigenvalue weighted by Crippen LogP contribution is -2.27. The van der Waals surface area contributed by atoms with E-state index in [1.165, 1.54) is 3.97 Å². The van der Waals surface area contributed by atoms with Crippen molar-refractivity contribution >= 4 is 44.2 Å². The van der Waals surface area contributed by atoms with Gasteiger partial charge in [0.25, 0.3) is 0 Å². The third-order valence-electron chi connectivity index (χ3n) is 3.63. The van der Waals surface area contributed by atoms with Gasteiger partial charge in [-0.3, -0.25) is 5.41 Å². The first-order chi connectivity index (χ1) is 10.8. The van der Waals surface area contributed by atoms with Crippen molar-refractivity contribution in [2.24, 2.45) is 16.8 Å². The molecule has 0 aliphatic heterocycles.